The number of carboxylic acids is 1. The quantitative estimate of drug-likeness (QED) is 0.743. The van der Waals surface area contributed by atoms with Crippen molar-refractivity contribution in [3.8, 4) is 0 Å². The summed E-state index contributed by atoms with van der Waals surface area (Å²) in [5.41, 5.74) is 11.2. The number of halogens is 1. The van der Waals surface area contributed by atoms with Crippen molar-refractivity contribution in [2.24, 2.45) is 0 Å². The summed E-state index contributed by atoms with van der Waals surface area (Å²) < 4.78 is 0. The second-order valence-corrected chi connectivity index (χ2v) is 4.99. The number of benzene rings is 1. The molecular weight excluding hydrogens is 288 g/mol. The average Bonchev–Trinajstić information content (AvgIpc) is 2.26. The summed E-state index contributed by atoms with van der Waals surface area (Å²) in [6.45, 7) is 0. The van der Waals surface area contributed by atoms with E-state index in [1.165, 1.54) is 24.3 Å². The fourth-order valence-corrected chi connectivity index (χ4v) is 2.55. The standard InChI is InChI=1S/C11H9ClN4O2S/c12-5-1-2-6(10(17)18)7(3-5)19-11-15-8(13)4-9(14)16-11/h1-4H,(H,17,18)(H4,13,14,15,16). The van der Waals surface area contributed by atoms with Gasteiger partial charge in [-0.25, -0.2) is 14.8 Å². The van der Waals surface area contributed by atoms with Crippen LogP contribution in [0.15, 0.2) is 34.3 Å². The van der Waals surface area contributed by atoms with Gasteiger partial charge in [-0.1, -0.05) is 11.6 Å². The number of nitrogens with two attached hydrogens (primary N) is 2. The maximum absolute atomic E-state index is 11.1. The van der Waals surface area contributed by atoms with Crippen molar-refractivity contribution in [1.82, 2.24) is 9.97 Å². The van der Waals surface area contributed by atoms with Crippen molar-refractivity contribution in [1.29, 1.82) is 0 Å². The second kappa shape index (κ2) is 5.33. The molecule has 1 aromatic carbocycles. The van der Waals surface area contributed by atoms with Crippen molar-refractivity contribution < 1.29 is 9.90 Å². The molecule has 6 nitrogen and oxygen atoms in total. The summed E-state index contributed by atoms with van der Waals surface area (Å²) in [6.07, 6.45) is 0. The third-order valence-corrected chi connectivity index (χ3v) is 3.28. The van der Waals surface area contributed by atoms with Gasteiger partial charge in [0.05, 0.1) is 5.56 Å². The maximum Gasteiger partial charge on any atom is 0.336 e. The predicted octanol–water partition coefficient (Wildman–Crippen LogP) is 2.14. The van der Waals surface area contributed by atoms with Crippen LogP contribution in [-0.2, 0) is 0 Å². The van der Waals surface area contributed by atoms with Gasteiger partial charge in [0.1, 0.15) is 11.6 Å². The number of hydrogen-bond donors (Lipinski definition) is 3. The van der Waals surface area contributed by atoms with Crippen LogP contribution >= 0.6 is 23.4 Å². The van der Waals surface area contributed by atoms with Crippen molar-refractivity contribution >= 4 is 41.0 Å². The van der Waals surface area contributed by atoms with E-state index >= 15 is 0 Å². The Morgan fingerprint density at radius 2 is 1.84 bits per heavy atom. The van der Waals surface area contributed by atoms with Crippen LogP contribution < -0.4 is 11.5 Å². The first kappa shape index (κ1) is 13.4. The molecule has 98 valence electrons. The van der Waals surface area contributed by atoms with Gasteiger partial charge >= 0.3 is 5.97 Å². The van der Waals surface area contributed by atoms with E-state index in [9.17, 15) is 4.79 Å². The highest BCUT2D eigenvalue weighted by molar-refractivity contribution is 7.99. The van der Waals surface area contributed by atoms with E-state index in [1.807, 2.05) is 0 Å². The van der Waals surface area contributed by atoms with Crippen LogP contribution in [0.5, 0.6) is 0 Å². The molecule has 8 heteroatoms. The van der Waals surface area contributed by atoms with Crippen LogP contribution in [0.2, 0.25) is 5.02 Å². The normalized spacial score (nSPS) is 10.4. The number of carbonyl (C=O) groups is 1. The van der Waals surface area contributed by atoms with E-state index in [0.717, 1.165) is 11.8 Å². The molecule has 0 unspecified atom stereocenters. The van der Waals surface area contributed by atoms with Crippen LogP contribution in [0, 0.1) is 0 Å². The SMILES string of the molecule is Nc1cc(N)nc(Sc2cc(Cl)ccc2C(=O)O)n1. The first-order chi connectivity index (χ1) is 8.95. The van der Waals surface area contributed by atoms with Crippen LogP contribution in [-0.4, -0.2) is 21.0 Å². The molecule has 0 aliphatic carbocycles. The van der Waals surface area contributed by atoms with E-state index in [2.05, 4.69) is 9.97 Å². The first-order valence-corrected chi connectivity index (χ1v) is 6.26. The fourth-order valence-electron chi connectivity index (χ4n) is 1.36. The molecule has 0 spiro atoms. The van der Waals surface area contributed by atoms with E-state index in [-0.39, 0.29) is 22.4 Å². The minimum Gasteiger partial charge on any atom is -0.478 e. The van der Waals surface area contributed by atoms with Gasteiger partial charge in [-0.2, -0.15) is 0 Å². The summed E-state index contributed by atoms with van der Waals surface area (Å²) in [5.74, 6) is -0.626. The molecule has 0 aliphatic rings. The smallest absolute Gasteiger partial charge is 0.336 e. The molecule has 0 aliphatic heterocycles. The number of aromatic carboxylic acids is 1. The lowest BCUT2D eigenvalue weighted by atomic mass is 10.2. The number of anilines is 2. The van der Waals surface area contributed by atoms with E-state index in [4.69, 9.17) is 28.2 Å². The zero-order valence-electron chi connectivity index (χ0n) is 9.50. The third kappa shape index (κ3) is 3.27. The van der Waals surface area contributed by atoms with Gasteiger partial charge in [0.15, 0.2) is 5.16 Å². The van der Waals surface area contributed by atoms with Crippen LogP contribution in [0.4, 0.5) is 11.6 Å². The Kier molecular flexibility index (Phi) is 3.77. The molecule has 2 aromatic rings. The molecule has 0 saturated carbocycles. The van der Waals surface area contributed by atoms with Crippen LogP contribution in [0.25, 0.3) is 0 Å². The predicted molar refractivity (Wildman–Crippen MR) is 73.4 cm³/mol. The average molecular weight is 297 g/mol. The number of hydrogen-bond acceptors (Lipinski definition) is 6. The van der Waals surface area contributed by atoms with E-state index in [1.54, 1.807) is 0 Å². The number of nitrogens with zero attached hydrogens (tertiary/aromatic N) is 2. The molecule has 0 radical (unpaired) electrons. The Morgan fingerprint density at radius 3 is 2.42 bits per heavy atom. The van der Waals surface area contributed by atoms with Gasteiger partial charge in [-0.3, -0.25) is 0 Å². The molecule has 1 heterocycles. The molecule has 19 heavy (non-hydrogen) atoms. The molecule has 0 amide bonds. The molecule has 0 atom stereocenters. The van der Waals surface area contributed by atoms with E-state index < -0.39 is 5.97 Å². The molecule has 0 bridgehead atoms. The molecule has 2 rings (SSSR count). The molecule has 0 fully saturated rings. The summed E-state index contributed by atoms with van der Waals surface area (Å²) in [5, 5.41) is 9.78. The number of carboxylic acid groups (broad SMARTS) is 1. The Bertz CT molecular complexity index is 630. The van der Waals surface area contributed by atoms with Gasteiger partial charge in [-0.05, 0) is 30.0 Å². The zero-order valence-corrected chi connectivity index (χ0v) is 11.1. The van der Waals surface area contributed by atoms with Crippen molar-refractivity contribution in [3.63, 3.8) is 0 Å². The summed E-state index contributed by atoms with van der Waals surface area (Å²) in [6, 6.07) is 5.87. The number of rotatable bonds is 3. The minimum absolute atomic E-state index is 0.110. The van der Waals surface area contributed by atoms with Crippen LogP contribution in [0.3, 0.4) is 0 Å². The Hall–Kier alpha value is -1.99. The first-order valence-electron chi connectivity index (χ1n) is 5.06. The number of aromatic nitrogens is 2. The highest BCUT2D eigenvalue weighted by atomic mass is 35.5. The Morgan fingerprint density at radius 1 is 1.21 bits per heavy atom. The molecule has 0 saturated heterocycles. The van der Waals surface area contributed by atoms with Gasteiger partial charge in [0.2, 0.25) is 0 Å². The second-order valence-electron chi connectivity index (χ2n) is 3.55. The molecular formula is C11H9ClN4O2S. The largest absolute Gasteiger partial charge is 0.478 e. The molecule has 5 N–H and O–H groups in total. The monoisotopic (exact) mass is 296 g/mol. The molecule has 1 aromatic heterocycles. The van der Waals surface area contributed by atoms with Gasteiger partial charge < -0.3 is 16.6 Å². The fraction of sp³-hybridized carbons (Fsp3) is 0. The number of nitrogen functional groups attached to an aromatic ring is 2. The summed E-state index contributed by atoms with van der Waals surface area (Å²) >= 11 is 6.89. The third-order valence-electron chi connectivity index (χ3n) is 2.12. The van der Waals surface area contributed by atoms with Crippen molar-refractivity contribution in [3.05, 3.63) is 34.9 Å². The highest BCUT2D eigenvalue weighted by Crippen LogP contribution is 2.31. The lowest BCUT2D eigenvalue weighted by Crippen LogP contribution is -2.01. The van der Waals surface area contributed by atoms with Crippen molar-refractivity contribution in [2.45, 2.75) is 10.1 Å². The lowest BCUT2D eigenvalue weighted by Gasteiger charge is -2.06. The zero-order chi connectivity index (χ0) is 14.0. The Balaban J connectivity index is 2.42. The Labute approximate surface area is 117 Å². The minimum atomic E-state index is -1.06. The highest BCUT2D eigenvalue weighted by Gasteiger charge is 2.13. The maximum atomic E-state index is 11.1. The van der Waals surface area contributed by atoms with Crippen molar-refractivity contribution in [2.75, 3.05) is 11.5 Å². The topological polar surface area (TPSA) is 115 Å². The van der Waals surface area contributed by atoms with Gasteiger partial charge in [0, 0.05) is 16.0 Å². The van der Waals surface area contributed by atoms with Gasteiger partial charge in [-0.15, -0.1) is 0 Å². The summed E-state index contributed by atoms with van der Waals surface area (Å²) in [4.78, 5) is 19.5. The van der Waals surface area contributed by atoms with Gasteiger partial charge in [0.25, 0.3) is 0 Å². The lowest BCUT2D eigenvalue weighted by molar-refractivity contribution is 0.0693. The van der Waals surface area contributed by atoms with Crippen LogP contribution in [0.1, 0.15) is 10.4 Å². The summed E-state index contributed by atoms with van der Waals surface area (Å²) in [7, 11) is 0. The van der Waals surface area contributed by atoms with E-state index in [0.29, 0.717) is 9.92 Å².